The van der Waals surface area contributed by atoms with Gasteiger partial charge in [0.1, 0.15) is 0 Å². The fourth-order valence-electron chi connectivity index (χ4n) is 2.62. The predicted molar refractivity (Wildman–Crippen MR) is 69.3 cm³/mol. The third-order valence-electron chi connectivity index (χ3n) is 4.61. The van der Waals surface area contributed by atoms with Crippen LogP contribution in [0.4, 0.5) is 0 Å². The van der Waals surface area contributed by atoms with E-state index in [1.54, 1.807) is 0 Å². The summed E-state index contributed by atoms with van der Waals surface area (Å²) in [6.07, 6.45) is 0. The zero-order valence-corrected chi connectivity index (χ0v) is 11.0. The van der Waals surface area contributed by atoms with Crippen molar-refractivity contribution < 1.29 is 0 Å². The minimum atomic E-state index is 0.375. The highest BCUT2D eigenvalue weighted by Crippen LogP contribution is 2.62. The molecule has 0 amide bonds. The maximum Gasteiger partial charge on any atom is 0.0991 e. The van der Waals surface area contributed by atoms with Crippen LogP contribution in [0.1, 0.15) is 38.8 Å². The SMILES string of the molecule is CC1(C)C(NCc2ccc(C#N)cc2)C1(C)C. The number of nitriles is 1. The summed E-state index contributed by atoms with van der Waals surface area (Å²) in [7, 11) is 0. The van der Waals surface area contributed by atoms with Gasteiger partial charge in [0.05, 0.1) is 11.6 Å². The number of nitrogens with zero attached hydrogens (tertiary/aromatic N) is 1. The van der Waals surface area contributed by atoms with Gasteiger partial charge < -0.3 is 5.32 Å². The summed E-state index contributed by atoms with van der Waals surface area (Å²) >= 11 is 0. The molecule has 0 aromatic heterocycles. The van der Waals surface area contributed by atoms with Crippen LogP contribution in [0.5, 0.6) is 0 Å². The zero-order valence-electron chi connectivity index (χ0n) is 11.0. The topological polar surface area (TPSA) is 35.8 Å². The van der Waals surface area contributed by atoms with Crippen LogP contribution in [0.25, 0.3) is 0 Å². The molecule has 2 heteroatoms. The van der Waals surface area contributed by atoms with E-state index in [9.17, 15) is 0 Å². The maximum atomic E-state index is 8.73. The average Bonchev–Trinajstić information content (AvgIpc) is 2.68. The lowest BCUT2D eigenvalue weighted by Gasteiger charge is -2.06. The van der Waals surface area contributed by atoms with Gasteiger partial charge in [-0.05, 0) is 28.5 Å². The monoisotopic (exact) mass is 228 g/mol. The van der Waals surface area contributed by atoms with E-state index in [1.165, 1.54) is 5.56 Å². The average molecular weight is 228 g/mol. The predicted octanol–water partition coefficient (Wildman–Crippen LogP) is 3.08. The van der Waals surface area contributed by atoms with Gasteiger partial charge in [-0.1, -0.05) is 39.8 Å². The van der Waals surface area contributed by atoms with E-state index in [4.69, 9.17) is 5.26 Å². The Kier molecular flexibility index (Phi) is 2.75. The molecule has 0 unspecified atom stereocenters. The summed E-state index contributed by atoms with van der Waals surface area (Å²) in [5.74, 6) is 0. The summed E-state index contributed by atoms with van der Waals surface area (Å²) in [4.78, 5) is 0. The summed E-state index contributed by atoms with van der Waals surface area (Å²) < 4.78 is 0. The van der Waals surface area contributed by atoms with E-state index in [1.807, 2.05) is 24.3 Å². The lowest BCUT2D eigenvalue weighted by atomic mass is 10.0. The normalized spacial score (nSPS) is 20.9. The van der Waals surface area contributed by atoms with Crippen molar-refractivity contribution in [2.24, 2.45) is 10.8 Å². The largest absolute Gasteiger partial charge is 0.309 e. The van der Waals surface area contributed by atoms with Crippen molar-refractivity contribution in [2.45, 2.75) is 40.3 Å². The van der Waals surface area contributed by atoms with E-state index in [0.717, 1.165) is 12.1 Å². The third kappa shape index (κ3) is 1.96. The van der Waals surface area contributed by atoms with Gasteiger partial charge in [0.2, 0.25) is 0 Å². The van der Waals surface area contributed by atoms with Gasteiger partial charge in [-0.25, -0.2) is 0 Å². The fourth-order valence-corrected chi connectivity index (χ4v) is 2.62. The van der Waals surface area contributed by atoms with E-state index >= 15 is 0 Å². The molecule has 0 saturated heterocycles. The maximum absolute atomic E-state index is 8.73. The van der Waals surface area contributed by atoms with Gasteiger partial charge in [0.25, 0.3) is 0 Å². The number of nitrogens with one attached hydrogen (secondary N) is 1. The number of benzene rings is 1. The first-order chi connectivity index (χ1) is 7.89. The molecule has 1 aromatic carbocycles. The Hall–Kier alpha value is -1.33. The molecular formula is C15H20N2. The van der Waals surface area contributed by atoms with Crippen LogP contribution in [0.15, 0.2) is 24.3 Å². The van der Waals surface area contributed by atoms with Gasteiger partial charge in [-0.15, -0.1) is 0 Å². The number of hydrogen-bond donors (Lipinski definition) is 1. The second kappa shape index (κ2) is 3.85. The quantitative estimate of drug-likeness (QED) is 0.863. The third-order valence-corrected chi connectivity index (χ3v) is 4.61. The standard InChI is InChI=1S/C15H20N2/c1-14(2)13(15(14,3)4)17-10-12-7-5-11(9-16)6-8-12/h5-8,13,17H,10H2,1-4H3. The molecule has 0 spiro atoms. The Balaban J connectivity index is 1.94. The minimum absolute atomic E-state index is 0.375. The van der Waals surface area contributed by atoms with Crippen molar-refractivity contribution in [1.82, 2.24) is 5.32 Å². The molecule has 1 saturated carbocycles. The lowest BCUT2D eigenvalue weighted by molar-refractivity contribution is 0.457. The molecule has 0 aliphatic heterocycles. The van der Waals surface area contributed by atoms with Crippen molar-refractivity contribution in [2.75, 3.05) is 0 Å². The molecule has 0 heterocycles. The van der Waals surface area contributed by atoms with Crippen molar-refractivity contribution >= 4 is 0 Å². The molecule has 0 radical (unpaired) electrons. The van der Waals surface area contributed by atoms with Crippen molar-refractivity contribution in [3.63, 3.8) is 0 Å². The van der Waals surface area contributed by atoms with Crippen molar-refractivity contribution in [3.05, 3.63) is 35.4 Å². The van der Waals surface area contributed by atoms with Crippen LogP contribution >= 0.6 is 0 Å². The molecule has 1 aromatic rings. The lowest BCUT2D eigenvalue weighted by Crippen LogP contribution is -2.21. The van der Waals surface area contributed by atoms with Gasteiger partial charge in [-0.2, -0.15) is 5.26 Å². The van der Waals surface area contributed by atoms with Crippen molar-refractivity contribution in [3.8, 4) is 6.07 Å². The summed E-state index contributed by atoms with van der Waals surface area (Å²) in [6, 6.07) is 10.5. The van der Waals surface area contributed by atoms with Gasteiger partial charge in [0, 0.05) is 12.6 Å². The van der Waals surface area contributed by atoms with Crippen LogP contribution in [-0.2, 0) is 6.54 Å². The highest BCUT2D eigenvalue weighted by molar-refractivity contribution is 5.31. The number of rotatable bonds is 3. The number of hydrogen-bond acceptors (Lipinski definition) is 2. The van der Waals surface area contributed by atoms with Crippen LogP contribution in [-0.4, -0.2) is 6.04 Å². The Morgan fingerprint density at radius 2 is 1.65 bits per heavy atom. The first-order valence-electron chi connectivity index (χ1n) is 6.12. The molecular weight excluding hydrogens is 208 g/mol. The molecule has 1 aliphatic rings. The summed E-state index contributed by atoms with van der Waals surface area (Å²) in [6.45, 7) is 10.1. The van der Waals surface area contributed by atoms with Gasteiger partial charge in [-0.3, -0.25) is 0 Å². The summed E-state index contributed by atoms with van der Waals surface area (Å²) in [5, 5.41) is 12.3. The van der Waals surface area contributed by atoms with E-state index in [2.05, 4.69) is 39.1 Å². The van der Waals surface area contributed by atoms with Crippen LogP contribution in [0.3, 0.4) is 0 Å². The molecule has 17 heavy (non-hydrogen) atoms. The molecule has 0 bridgehead atoms. The molecule has 90 valence electrons. The second-order valence-electron chi connectivity index (χ2n) is 6.07. The molecule has 2 rings (SSSR count). The van der Waals surface area contributed by atoms with E-state index in [0.29, 0.717) is 16.9 Å². The van der Waals surface area contributed by atoms with Gasteiger partial charge in [0.15, 0.2) is 0 Å². The molecule has 1 N–H and O–H groups in total. The Labute approximate surface area is 104 Å². The minimum Gasteiger partial charge on any atom is -0.309 e. The first-order valence-corrected chi connectivity index (χ1v) is 6.12. The highest BCUT2D eigenvalue weighted by atomic mass is 15.0. The highest BCUT2D eigenvalue weighted by Gasteiger charge is 2.64. The van der Waals surface area contributed by atoms with E-state index in [-0.39, 0.29) is 0 Å². The van der Waals surface area contributed by atoms with Gasteiger partial charge >= 0.3 is 0 Å². The first kappa shape index (κ1) is 12.1. The Bertz CT molecular complexity index is 435. The smallest absolute Gasteiger partial charge is 0.0991 e. The summed E-state index contributed by atoms with van der Waals surface area (Å²) in [5.41, 5.74) is 2.71. The Morgan fingerprint density at radius 1 is 1.12 bits per heavy atom. The molecule has 0 atom stereocenters. The zero-order chi connectivity index (χ0) is 12.7. The molecule has 1 aliphatic carbocycles. The molecule has 1 fully saturated rings. The molecule has 2 nitrogen and oxygen atoms in total. The van der Waals surface area contributed by atoms with Crippen LogP contribution in [0, 0.1) is 22.2 Å². The fraction of sp³-hybridized carbons (Fsp3) is 0.533. The van der Waals surface area contributed by atoms with Crippen LogP contribution in [0.2, 0.25) is 0 Å². The second-order valence-corrected chi connectivity index (χ2v) is 6.07. The van der Waals surface area contributed by atoms with Crippen LogP contribution < -0.4 is 5.32 Å². The van der Waals surface area contributed by atoms with Crippen molar-refractivity contribution in [1.29, 1.82) is 5.26 Å². The van der Waals surface area contributed by atoms with E-state index < -0.39 is 0 Å². The Morgan fingerprint density at radius 3 is 2.06 bits per heavy atom.